The van der Waals surface area contributed by atoms with Gasteiger partial charge in [-0.25, -0.2) is 15.0 Å². The van der Waals surface area contributed by atoms with Crippen molar-refractivity contribution in [1.29, 1.82) is 0 Å². The predicted molar refractivity (Wildman–Crippen MR) is 105 cm³/mol. The van der Waals surface area contributed by atoms with Crippen LogP contribution in [0.4, 0.5) is 5.82 Å². The van der Waals surface area contributed by atoms with Crippen molar-refractivity contribution < 1.29 is 24.6 Å². The van der Waals surface area contributed by atoms with Crippen LogP contribution in [0.25, 0.3) is 11.2 Å². The molecule has 0 spiro atoms. The van der Waals surface area contributed by atoms with Crippen molar-refractivity contribution in [3.8, 4) is 0 Å². The Balaban J connectivity index is 1.99. The van der Waals surface area contributed by atoms with Crippen molar-refractivity contribution in [2.75, 3.05) is 5.73 Å². The molecule has 2 fully saturated rings. The van der Waals surface area contributed by atoms with Crippen LogP contribution in [-0.2, 0) is 4.57 Å². The van der Waals surface area contributed by atoms with E-state index in [1.165, 1.54) is 6.33 Å². The van der Waals surface area contributed by atoms with Gasteiger partial charge in [-0.3, -0.25) is 4.57 Å². The molecule has 2 heterocycles. The molecule has 27 heavy (non-hydrogen) atoms. The number of imidazole rings is 1. The van der Waals surface area contributed by atoms with Gasteiger partial charge in [-0.15, -0.1) is 0 Å². The number of aromatic nitrogens is 4. The smallest absolute Gasteiger partial charge is 0.335 e. The van der Waals surface area contributed by atoms with Gasteiger partial charge in [-0.1, -0.05) is 13.8 Å². The Morgan fingerprint density at radius 2 is 2.00 bits per heavy atom. The fourth-order valence-corrected chi connectivity index (χ4v) is 7.63. The van der Waals surface area contributed by atoms with E-state index < -0.39 is 35.9 Å². The lowest BCUT2D eigenvalue weighted by molar-refractivity contribution is -0.165. The zero-order valence-corrected chi connectivity index (χ0v) is 17.8. The second-order valence-corrected chi connectivity index (χ2v) is 10.3. The van der Waals surface area contributed by atoms with Crippen molar-refractivity contribution in [1.82, 2.24) is 19.5 Å². The molecule has 10 nitrogen and oxygen atoms in total. The van der Waals surface area contributed by atoms with Crippen LogP contribution in [0.1, 0.15) is 39.2 Å². The Labute approximate surface area is 168 Å². The Morgan fingerprint density at radius 1 is 1.33 bits per heavy atom. The van der Waals surface area contributed by atoms with E-state index in [0.717, 1.165) is 0 Å². The van der Waals surface area contributed by atoms with E-state index in [2.05, 4.69) is 15.0 Å². The first-order chi connectivity index (χ1) is 12.5. The van der Waals surface area contributed by atoms with E-state index >= 15 is 0 Å². The fourth-order valence-electron chi connectivity index (χ4n) is 5.30. The van der Waals surface area contributed by atoms with Gasteiger partial charge in [0.15, 0.2) is 15.3 Å². The van der Waals surface area contributed by atoms with Gasteiger partial charge in [0.05, 0.1) is 12.4 Å². The van der Waals surface area contributed by atoms with E-state index in [0.29, 0.717) is 15.0 Å². The minimum atomic E-state index is -4.70. The van der Waals surface area contributed by atoms with E-state index in [4.69, 9.17) is 5.73 Å². The molecule has 12 heteroatoms. The summed E-state index contributed by atoms with van der Waals surface area (Å²) in [4.78, 5) is 32.9. The summed E-state index contributed by atoms with van der Waals surface area (Å²) >= 11 is 1.91. The summed E-state index contributed by atoms with van der Waals surface area (Å²) in [6.45, 7) is 3.32. The van der Waals surface area contributed by atoms with E-state index in [-0.39, 0.29) is 25.1 Å². The SMILES string of the molecule is CC[C@]1(O)[C@]2(P(=O)(O)O)C[C@H]2[C@@H](n2cnc3c(N)nc(I)nc32)[C@@]1(O)CC. The molecule has 2 saturated carbocycles. The van der Waals surface area contributed by atoms with Crippen LogP contribution >= 0.6 is 30.2 Å². The Morgan fingerprint density at radius 3 is 2.56 bits per heavy atom. The van der Waals surface area contributed by atoms with E-state index in [9.17, 15) is 24.6 Å². The van der Waals surface area contributed by atoms with Gasteiger partial charge in [0.2, 0.25) is 0 Å². The van der Waals surface area contributed by atoms with Crippen LogP contribution in [0, 0.1) is 9.75 Å². The summed E-state index contributed by atoms with van der Waals surface area (Å²) in [5.74, 6) is -0.427. The van der Waals surface area contributed by atoms with Crippen LogP contribution in [0.5, 0.6) is 0 Å². The van der Waals surface area contributed by atoms with Crippen LogP contribution in [0.15, 0.2) is 6.33 Å². The summed E-state index contributed by atoms with van der Waals surface area (Å²) < 4.78 is 14.4. The summed E-state index contributed by atoms with van der Waals surface area (Å²) in [6.07, 6.45) is 1.68. The third-order valence-electron chi connectivity index (χ3n) is 6.58. The Bertz CT molecular complexity index is 996. The number of rotatable bonds is 4. The zero-order valence-electron chi connectivity index (χ0n) is 14.7. The molecule has 0 saturated heterocycles. The van der Waals surface area contributed by atoms with Crippen LogP contribution < -0.4 is 5.73 Å². The highest BCUT2D eigenvalue weighted by molar-refractivity contribution is 14.1. The van der Waals surface area contributed by atoms with Gasteiger partial charge in [0.25, 0.3) is 0 Å². The molecular formula is C15H21IN5O5P. The highest BCUT2D eigenvalue weighted by Crippen LogP contribution is 2.83. The van der Waals surface area contributed by atoms with Gasteiger partial charge in [0.1, 0.15) is 21.9 Å². The first-order valence-electron chi connectivity index (χ1n) is 8.64. The molecule has 2 aliphatic carbocycles. The number of nitrogens with two attached hydrogens (primary N) is 1. The average Bonchev–Trinajstić information content (AvgIpc) is 3.17. The third kappa shape index (κ3) is 2.10. The number of hydrogen-bond donors (Lipinski definition) is 5. The van der Waals surface area contributed by atoms with Crippen LogP contribution in [-0.4, -0.2) is 55.9 Å². The van der Waals surface area contributed by atoms with Crippen molar-refractivity contribution in [3.05, 3.63) is 10.2 Å². The van der Waals surface area contributed by atoms with Crippen LogP contribution in [0.2, 0.25) is 0 Å². The Hall–Kier alpha value is -0.850. The second-order valence-electron chi connectivity index (χ2n) is 7.42. The van der Waals surface area contributed by atoms with Crippen LogP contribution in [0.3, 0.4) is 0 Å². The molecule has 0 aliphatic heterocycles. The molecule has 0 bridgehead atoms. The first kappa shape index (κ1) is 19.5. The molecule has 2 aliphatic rings. The lowest BCUT2D eigenvalue weighted by atomic mass is 9.75. The monoisotopic (exact) mass is 509 g/mol. The maximum atomic E-state index is 12.4. The van der Waals surface area contributed by atoms with Crippen molar-refractivity contribution >= 4 is 47.2 Å². The van der Waals surface area contributed by atoms with Gasteiger partial charge in [-0.05, 0) is 19.3 Å². The maximum Gasteiger partial charge on any atom is 0.335 e. The first-order valence-corrected chi connectivity index (χ1v) is 11.3. The molecule has 6 N–H and O–H groups in total. The van der Waals surface area contributed by atoms with E-state index in [1.54, 1.807) is 18.4 Å². The standard InChI is InChI=1S/C15H21IN5O5P/c1-3-13(22)9(7-5-14(7,27(24,25)26)15(13,23)4-2)21-6-18-8-10(17)19-12(16)20-11(8)21/h6-7,9,22-23H,3-5H2,1-2H3,(H2,17,19,20)(H2,24,25,26)/t7-,9+,13-,14-,15+/m0/s1. The van der Waals surface area contributed by atoms with E-state index in [1.807, 2.05) is 22.6 Å². The molecule has 0 unspecified atom stereocenters. The lowest BCUT2D eigenvalue weighted by Crippen LogP contribution is -2.60. The number of anilines is 1. The topological polar surface area (TPSA) is 168 Å². The minimum Gasteiger partial charge on any atom is -0.386 e. The molecular weight excluding hydrogens is 488 g/mol. The zero-order chi connectivity index (χ0) is 20.0. The number of nitrogen functional groups attached to an aromatic ring is 1. The molecule has 0 aromatic carbocycles. The highest BCUT2D eigenvalue weighted by Gasteiger charge is 2.89. The number of fused-ring (bicyclic) bond motifs is 2. The molecule has 0 amide bonds. The van der Waals surface area contributed by atoms with Gasteiger partial charge >= 0.3 is 7.60 Å². The number of hydrogen-bond acceptors (Lipinski definition) is 7. The van der Waals surface area contributed by atoms with Gasteiger partial charge in [0, 0.05) is 28.5 Å². The number of aliphatic hydroxyl groups is 2. The number of nitrogens with zero attached hydrogens (tertiary/aromatic N) is 4. The third-order valence-corrected chi connectivity index (χ3v) is 8.98. The molecule has 5 atom stereocenters. The molecule has 0 radical (unpaired) electrons. The average molecular weight is 509 g/mol. The largest absolute Gasteiger partial charge is 0.386 e. The Kier molecular flexibility index (Phi) is 4.04. The second kappa shape index (κ2) is 5.61. The predicted octanol–water partition coefficient (Wildman–Crippen LogP) is 0.786. The minimum absolute atomic E-state index is 0.0107. The number of halogens is 1. The summed E-state index contributed by atoms with van der Waals surface area (Å²) in [7, 11) is -4.70. The van der Waals surface area contributed by atoms with Gasteiger partial charge in [-0.2, -0.15) is 0 Å². The lowest BCUT2D eigenvalue weighted by Gasteiger charge is -2.46. The summed E-state index contributed by atoms with van der Waals surface area (Å²) in [5.41, 5.74) is 2.94. The van der Waals surface area contributed by atoms with Crippen molar-refractivity contribution in [2.24, 2.45) is 5.92 Å². The molecule has 2 aromatic heterocycles. The summed E-state index contributed by atoms with van der Waals surface area (Å²) in [5, 5.41) is 21.3. The maximum absolute atomic E-state index is 12.4. The molecule has 148 valence electrons. The quantitative estimate of drug-likeness (QED) is 0.227. The molecule has 4 rings (SSSR count). The summed E-state index contributed by atoms with van der Waals surface area (Å²) in [6, 6.07) is -0.796. The van der Waals surface area contributed by atoms with Gasteiger partial charge < -0.3 is 30.3 Å². The highest BCUT2D eigenvalue weighted by atomic mass is 127. The van der Waals surface area contributed by atoms with Crippen molar-refractivity contribution in [2.45, 2.75) is 55.5 Å². The normalized spacial score (nSPS) is 38.3. The fraction of sp³-hybridized carbons (Fsp3) is 0.667. The molecule has 2 aromatic rings. The van der Waals surface area contributed by atoms with Crippen molar-refractivity contribution in [3.63, 3.8) is 0 Å².